The second-order valence-electron chi connectivity index (χ2n) is 9.25. The van der Waals surface area contributed by atoms with Gasteiger partial charge in [-0.1, -0.05) is 67.6 Å². The number of hydrogen-bond acceptors (Lipinski definition) is 1. The van der Waals surface area contributed by atoms with Crippen LogP contribution in [0.3, 0.4) is 0 Å². The first kappa shape index (κ1) is 22.0. The molecule has 0 N–H and O–H groups in total. The minimum atomic E-state index is 0.591. The maximum Gasteiger partial charge on any atom is 0.0662 e. The number of rotatable bonds is 4. The molecular formula is C31H33N. The quantitative estimate of drug-likeness (QED) is 0.375. The molecule has 0 heterocycles. The molecule has 0 bridgehead atoms. The number of nitrogens with zero attached hydrogens (tertiary/aromatic N) is 1. The van der Waals surface area contributed by atoms with Crippen molar-refractivity contribution in [3.63, 3.8) is 0 Å². The lowest BCUT2D eigenvalue weighted by Crippen LogP contribution is -2.02. The first-order valence-corrected chi connectivity index (χ1v) is 11.5. The van der Waals surface area contributed by atoms with Gasteiger partial charge in [0.2, 0.25) is 0 Å². The van der Waals surface area contributed by atoms with Crippen LogP contribution in [0.15, 0.2) is 83.4 Å². The maximum atomic E-state index is 4.90. The van der Waals surface area contributed by atoms with Crippen LogP contribution in [0.4, 0.5) is 5.69 Å². The number of hydrogen-bond donors (Lipinski definition) is 0. The van der Waals surface area contributed by atoms with E-state index in [1.165, 1.54) is 50.1 Å². The summed E-state index contributed by atoms with van der Waals surface area (Å²) >= 11 is 0. The van der Waals surface area contributed by atoms with E-state index in [2.05, 4.69) is 108 Å². The van der Waals surface area contributed by atoms with Crippen molar-refractivity contribution in [2.24, 2.45) is 10.9 Å². The zero-order valence-electron chi connectivity index (χ0n) is 20.2. The second-order valence-corrected chi connectivity index (χ2v) is 9.25. The number of aryl methyl sites for hydroxylation is 3. The summed E-state index contributed by atoms with van der Waals surface area (Å²) in [4.78, 5) is 4.90. The Morgan fingerprint density at radius 3 is 2.28 bits per heavy atom. The van der Waals surface area contributed by atoms with Crippen LogP contribution in [-0.4, -0.2) is 5.71 Å². The van der Waals surface area contributed by atoms with Crippen molar-refractivity contribution in [2.75, 3.05) is 0 Å². The van der Waals surface area contributed by atoms with Gasteiger partial charge in [0.15, 0.2) is 0 Å². The highest BCUT2D eigenvalue weighted by Crippen LogP contribution is 2.35. The van der Waals surface area contributed by atoms with Gasteiger partial charge in [-0.15, -0.1) is 0 Å². The first-order chi connectivity index (χ1) is 15.3. The van der Waals surface area contributed by atoms with Gasteiger partial charge in [-0.25, -0.2) is 0 Å². The number of aliphatic imine (C=N–C) groups is 1. The van der Waals surface area contributed by atoms with Gasteiger partial charge in [0.25, 0.3) is 0 Å². The molecule has 4 rings (SSSR count). The third-order valence-corrected chi connectivity index (χ3v) is 6.59. The molecule has 3 aromatic rings. The molecule has 1 aliphatic rings. The van der Waals surface area contributed by atoms with E-state index < -0.39 is 0 Å². The summed E-state index contributed by atoms with van der Waals surface area (Å²) in [6, 6.07) is 21.9. The highest BCUT2D eigenvalue weighted by molar-refractivity contribution is 6.02. The first-order valence-electron chi connectivity index (χ1n) is 11.5. The van der Waals surface area contributed by atoms with E-state index in [-0.39, 0.29) is 0 Å². The Morgan fingerprint density at radius 2 is 1.53 bits per heavy atom. The van der Waals surface area contributed by atoms with Gasteiger partial charge in [-0.2, -0.15) is 0 Å². The van der Waals surface area contributed by atoms with Crippen molar-refractivity contribution in [1.29, 1.82) is 0 Å². The van der Waals surface area contributed by atoms with Crippen molar-refractivity contribution in [3.05, 3.63) is 106 Å². The molecule has 0 aromatic heterocycles. The highest BCUT2D eigenvalue weighted by Gasteiger charge is 2.15. The van der Waals surface area contributed by atoms with Gasteiger partial charge in [0, 0.05) is 5.71 Å². The molecule has 1 heteroatoms. The largest absolute Gasteiger partial charge is 0.253 e. The molecule has 32 heavy (non-hydrogen) atoms. The molecule has 0 radical (unpaired) electrons. The molecule has 3 aromatic carbocycles. The molecule has 0 saturated carbocycles. The smallest absolute Gasteiger partial charge is 0.0662 e. The molecular weight excluding hydrogens is 386 g/mol. The van der Waals surface area contributed by atoms with E-state index in [0.29, 0.717) is 5.92 Å². The van der Waals surface area contributed by atoms with Gasteiger partial charge in [0.05, 0.1) is 5.69 Å². The summed E-state index contributed by atoms with van der Waals surface area (Å²) in [5, 5.41) is 0. The lowest BCUT2D eigenvalue weighted by Gasteiger charge is -2.21. The van der Waals surface area contributed by atoms with E-state index in [1.807, 2.05) is 6.07 Å². The molecule has 162 valence electrons. The SMILES string of the molecule is CC(=Nc1ccccc1C)c1ccc(-c2ccc(C)c(C3=C(C)C=CC(C)C3)c2)cc1C. The third-order valence-electron chi connectivity index (χ3n) is 6.59. The monoisotopic (exact) mass is 419 g/mol. The van der Waals surface area contributed by atoms with Crippen LogP contribution in [0.1, 0.15) is 55.0 Å². The summed E-state index contributed by atoms with van der Waals surface area (Å²) in [5.74, 6) is 0.591. The number of benzene rings is 3. The van der Waals surface area contributed by atoms with Crippen LogP contribution in [0.2, 0.25) is 0 Å². The Bertz CT molecular complexity index is 1250. The molecule has 1 unspecified atom stereocenters. The topological polar surface area (TPSA) is 12.4 Å². The molecule has 1 atom stereocenters. The van der Waals surface area contributed by atoms with E-state index in [9.17, 15) is 0 Å². The maximum absolute atomic E-state index is 4.90. The Labute approximate surface area is 193 Å². The summed E-state index contributed by atoms with van der Waals surface area (Å²) < 4.78 is 0. The van der Waals surface area contributed by atoms with Crippen LogP contribution in [0.25, 0.3) is 16.7 Å². The van der Waals surface area contributed by atoms with Crippen molar-refractivity contribution in [2.45, 2.75) is 48.0 Å². The standard InChI is InChI=1S/C31H33N/c1-20-11-12-21(2)29(17-20)30-19-27(14-13-22(30)3)26-15-16-28(24(5)18-26)25(6)32-31-10-8-7-9-23(31)4/h7-16,18-20H,17H2,1-6H3. The minimum Gasteiger partial charge on any atom is -0.253 e. The van der Waals surface area contributed by atoms with Gasteiger partial charge in [0.1, 0.15) is 0 Å². The van der Waals surface area contributed by atoms with E-state index >= 15 is 0 Å². The fraction of sp³-hybridized carbons (Fsp3) is 0.258. The Kier molecular flexibility index (Phi) is 6.28. The third kappa shape index (κ3) is 4.53. The predicted octanol–water partition coefficient (Wildman–Crippen LogP) is 8.79. The Hall–Kier alpha value is -3.19. The van der Waals surface area contributed by atoms with Gasteiger partial charge in [-0.05, 0) is 109 Å². The lowest BCUT2D eigenvalue weighted by molar-refractivity contribution is 0.743. The van der Waals surface area contributed by atoms with E-state index in [4.69, 9.17) is 4.99 Å². The summed E-state index contributed by atoms with van der Waals surface area (Å²) in [5.41, 5.74) is 13.9. The van der Waals surface area contributed by atoms with Gasteiger partial charge < -0.3 is 0 Å². The predicted molar refractivity (Wildman–Crippen MR) is 140 cm³/mol. The fourth-order valence-electron chi connectivity index (χ4n) is 4.59. The van der Waals surface area contributed by atoms with Crippen LogP contribution >= 0.6 is 0 Å². The Balaban J connectivity index is 1.70. The van der Waals surface area contributed by atoms with Gasteiger partial charge in [-0.3, -0.25) is 4.99 Å². The Morgan fingerprint density at radius 1 is 0.812 bits per heavy atom. The zero-order chi connectivity index (χ0) is 22.8. The van der Waals surface area contributed by atoms with Crippen LogP contribution < -0.4 is 0 Å². The lowest BCUT2D eigenvalue weighted by atomic mass is 9.84. The highest BCUT2D eigenvalue weighted by atomic mass is 14.7. The average molecular weight is 420 g/mol. The van der Waals surface area contributed by atoms with E-state index in [0.717, 1.165) is 17.8 Å². The zero-order valence-corrected chi connectivity index (χ0v) is 20.2. The van der Waals surface area contributed by atoms with Crippen molar-refractivity contribution < 1.29 is 0 Å². The fourth-order valence-corrected chi connectivity index (χ4v) is 4.59. The van der Waals surface area contributed by atoms with Crippen LogP contribution in [0.5, 0.6) is 0 Å². The molecule has 0 aliphatic heterocycles. The summed E-state index contributed by atoms with van der Waals surface area (Å²) in [6.07, 6.45) is 5.71. The molecule has 1 nitrogen and oxygen atoms in total. The number of allylic oxidation sites excluding steroid dienone is 4. The average Bonchev–Trinajstić information content (AvgIpc) is 2.77. The van der Waals surface area contributed by atoms with Crippen LogP contribution in [0, 0.1) is 26.7 Å². The van der Waals surface area contributed by atoms with Crippen LogP contribution in [-0.2, 0) is 0 Å². The number of para-hydroxylation sites is 1. The molecule has 0 saturated heterocycles. The van der Waals surface area contributed by atoms with Crippen molar-refractivity contribution in [3.8, 4) is 11.1 Å². The van der Waals surface area contributed by atoms with Crippen molar-refractivity contribution >= 4 is 17.0 Å². The summed E-state index contributed by atoms with van der Waals surface area (Å²) in [7, 11) is 0. The van der Waals surface area contributed by atoms with Crippen molar-refractivity contribution in [1.82, 2.24) is 0 Å². The molecule has 0 fully saturated rings. The normalized spacial score (nSPS) is 16.6. The second kappa shape index (κ2) is 9.12. The molecule has 0 spiro atoms. The molecule has 0 amide bonds. The molecule has 1 aliphatic carbocycles. The minimum absolute atomic E-state index is 0.591. The summed E-state index contributed by atoms with van der Waals surface area (Å²) in [6.45, 7) is 13.2. The van der Waals surface area contributed by atoms with E-state index in [1.54, 1.807) is 0 Å². The van der Waals surface area contributed by atoms with Gasteiger partial charge >= 0.3 is 0 Å².